The highest BCUT2D eigenvalue weighted by Gasteiger charge is 2.28. The molecule has 3 aromatic rings. The fourth-order valence-corrected chi connectivity index (χ4v) is 3.58. The van der Waals surface area contributed by atoms with Gasteiger partial charge in [-0.25, -0.2) is 9.78 Å². The highest BCUT2D eigenvalue weighted by atomic mass is 16.2. The van der Waals surface area contributed by atoms with Gasteiger partial charge in [-0.15, -0.1) is 0 Å². The zero-order valence-corrected chi connectivity index (χ0v) is 14.7. The maximum atomic E-state index is 13.1. The predicted octanol–water partition coefficient (Wildman–Crippen LogP) is 2.23. The second-order valence-corrected chi connectivity index (χ2v) is 7.73. The van der Waals surface area contributed by atoms with Crippen molar-refractivity contribution in [2.45, 2.75) is 45.3 Å². The zero-order chi connectivity index (χ0) is 17.7. The minimum absolute atomic E-state index is 0.189. The lowest BCUT2D eigenvalue weighted by atomic mass is 10.2. The van der Waals surface area contributed by atoms with E-state index in [1.54, 1.807) is 10.9 Å². The fraction of sp³-hybridized carbons (Fsp3) is 0.450. The lowest BCUT2D eigenvalue weighted by Crippen LogP contribution is -2.41. The summed E-state index contributed by atoms with van der Waals surface area (Å²) in [6.07, 6.45) is 6.22. The monoisotopic (exact) mass is 350 g/mol. The molecular formula is C20H22N4O2. The van der Waals surface area contributed by atoms with Crippen LogP contribution in [0.4, 0.5) is 0 Å². The SMILES string of the molecule is O=c1c2c(ncn2Cc2ccccc2)n(CC2CC2)c(=O)n1CC1CC1. The average molecular weight is 350 g/mol. The summed E-state index contributed by atoms with van der Waals surface area (Å²) in [5, 5.41) is 0. The van der Waals surface area contributed by atoms with Gasteiger partial charge in [-0.3, -0.25) is 13.9 Å². The van der Waals surface area contributed by atoms with E-state index in [1.807, 2.05) is 34.9 Å². The highest BCUT2D eigenvalue weighted by molar-refractivity contribution is 5.70. The molecule has 0 spiro atoms. The molecular weight excluding hydrogens is 328 g/mol. The number of benzene rings is 1. The molecule has 6 nitrogen and oxygen atoms in total. The summed E-state index contributed by atoms with van der Waals surface area (Å²) in [6.45, 7) is 1.79. The van der Waals surface area contributed by atoms with Crippen molar-refractivity contribution in [1.82, 2.24) is 18.7 Å². The number of rotatable bonds is 6. The number of imidazole rings is 1. The van der Waals surface area contributed by atoms with Crippen molar-refractivity contribution >= 4 is 11.2 Å². The molecule has 2 aromatic heterocycles. The van der Waals surface area contributed by atoms with Gasteiger partial charge in [0.25, 0.3) is 5.56 Å². The topological polar surface area (TPSA) is 61.8 Å². The Balaban J connectivity index is 1.67. The normalized spacial score (nSPS) is 17.1. The number of hydrogen-bond donors (Lipinski definition) is 0. The maximum Gasteiger partial charge on any atom is 0.332 e. The van der Waals surface area contributed by atoms with E-state index in [9.17, 15) is 9.59 Å². The van der Waals surface area contributed by atoms with E-state index < -0.39 is 0 Å². The molecule has 0 N–H and O–H groups in total. The van der Waals surface area contributed by atoms with Gasteiger partial charge in [0.2, 0.25) is 0 Å². The molecule has 2 fully saturated rings. The van der Waals surface area contributed by atoms with Crippen LogP contribution in [-0.2, 0) is 19.6 Å². The Morgan fingerprint density at radius 3 is 2.23 bits per heavy atom. The van der Waals surface area contributed by atoms with Crippen LogP contribution in [0.2, 0.25) is 0 Å². The first-order chi connectivity index (χ1) is 12.7. The molecule has 0 radical (unpaired) electrons. The van der Waals surface area contributed by atoms with Crippen LogP contribution in [-0.4, -0.2) is 18.7 Å². The molecule has 0 saturated heterocycles. The smallest absolute Gasteiger partial charge is 0.320 e. The van der Waals surface area contributed by atoms with Gasteiger partial charge in [0.1, 0.15) is 0 Å². The van der Waals surface area contributed by atoms with Gasteiger partial charge in [0.05, 0.1) is 6.33 Å². The van der Waals surface area contributed by atoms with Crippen LogP contribution in [0, 0.1) is 11.8 Å². The summed E-state index contributed by atoms with van der Waals surface area (Å²) in [4.78, 5) is 30.6. The molecule has 0 amide bonds. The second kappa shape index (κ2) is 5.97. The summed E-state index contributed by atoms with van der Waals surface area (Å²) in [5.74, 6) is 1.01. The zero-order valence-electron chi connectivity index (χ0n) is 14.7. The lowest BCUT2D eigenvalue weighted by molar-refractivity contribution is 0.519. The lowest BCUT2D eigenvalue weighted by Gasteiger charge is -2.12. The summed E-state index contributed by atoms with van der Waals surface area (Å²) in [7, 11) is 0. The van der Waals surface area contributed by atoms with Crippen LogP contribution in [0.1, 0.15) is 31.2 Å². The largest absolute Gasteiger partial charge is 0.332 e. The first-order valence-electron chi connectivity index (χ1n) is 9.43. The number of aromatic nitrogens is 4. The Morgan fingerprint density at radius 2 is 1.58 bits per heavy atom. The molecule has 2 saturated carbocycles. The van der Waals surface area contributed by atoms with Crippen molar-refractivity contribution in [3.05, 3.63) is 63.1 Å². The molecule has 6 heteroatoms. The van der Waals surface area contributed by atoms with Crippen molar-refractivity contribution in [3.63, 3.8) is 0 Å². The molecule has 0 aliphatic heterocycles. The molecule has 26 heavy (non-hydrogen) atoms. The third-order valence-electron chi connectivity index (χ3n) is 5.45. The summed E-state index contributed by atoms with van der Waals surface area (Å²) < 4.78 is 5.07. The van der Waals surface area contributed by atoms with Crippen LogP contribution in [0.5, 0.6) is 0 Å². The standard InChI is InChI=1S/C20H22N4O2/c25-19-17-18(21-13-22(17)10-14-4-2-1-3-5-14)23(11-15-6-7-15)20(26)24(19)12-16-8-9-16/h1-5,13,15-16H,6-12H2. The Morgan fingerprint density at radius 1 is 0.923 bits per heavy atom. The van der Waals surface area contributed by atoms with Gasteiger partial charge in [0.15, 0.2) is 11.2 Å². The molecule has 2 heterocycles. The van der Waals surface area contributed by atoms with E-state index in [0.29, 0.717) is 42.6 Å². The quantitative estimate of drug-likeness (QED) is 0.685. The highest BCUT2D eigenvalue weighted by Crippen LogP contribution is 2.31. The van der Waals surface area contributed by atoms with Gasteiger partial charge in [0, 0.05) is 19.6 Å². The molecule has 0 atom stereocenters. The fourth-order valence-electron chi connectivity index (χ4n) is 3.58. The summed E-state index contributed by atoms with van der Waals surface area (Å²) >= 11 is 0. The maximum absolute atomic E-state index is 13.1. The van der Waals surface area contributed by atoms with Gasteiger partial charge >= 0.3 is 5.69 Å². The second-order valence-electron chi connectivity index (χ2n) is 7.73. The van der Waals surface area contributed by atoms with Gasteiger partial charge in [-0.2, -0.15) is 0 Å². The van der Waals surface area contributed by atoms with Crippen LogP contribution >= 0.6 is 0 Å². The van der Waals surface area contributed by atoms with Crippen molar-refractivity contribution in [2.75, 3.05) is 0 Å². The van der Waals surface area contributed by atoms with Crippen LogP contribution in [0.25, 0.3) is 11.2 Å². The Hall–Kier alpha value is -2.63. The summed E-state index contributed by atoms with van der Waals surface area (Å²) in [6, 6.07) is 10.0. The Kier molecular flexibility index (Phi) is 3.58. The van der Waals surface area contributed by atoms with E-state index in [4.69, 9.17) is 0 Å². The van der Waals surface area contributed by atoms with Crippen molar-refractivity contribution in [1.29, 1.82) is 0 Å². The molecule has 0 bridgehead atoms. The van der Waals surface area contributed by atoms with Crippen LogP contribution in [0.15, 0.2) is 46.2 Å². The molecule has 2 aliphatic rings. The van der Waals surface area contributed by atoms with Crippen LogP contribution < -0.4 is 11.2 Å². The average Bonchev–Trinajstić information content (AvgIpc) is 3.57. The van der Waals surface area contributed by atoms with E-state index in [-0.39, 0.29) is 11.2 Å². The third-order valence-corrected chi connectivity index (χ3v) is 5.45. The molecule has 134 valence electrons. The first-order valence-corrected chi connectivity index (χ1v) is 9.43. The summed E-state index contributed by atoms with van der Waals surface area (Å²) in [5.41, 5.74) is 1.81. The molecule has 1 aromatic carbocycles. The first kappa shape index (κ1) is 15.6. The van der Waals surface area contributed by atoms with E-state index in [0.717, 1.165) is 31.2 Å². The van der Waals surface area contributed by atoms with Gasteiger partial charge in [-0.05, 0) is 43.1 Å². The number of hydrogen-bond acceptors (Lipinski definition) is 3. The van der Waals surface area contributed by atoms with Crippen molar-refractivity contribution in [3.8, 4) is 0 Å². The van der Waals surface area contributed by atoms with Crippen molar-refractivity contribution in [2.24, 2.45) is 11.8 Å². The Bertz CT molecular complexity index is 1070. The van der Waals surface area contributed by atoms with E-state index in [2.05, 4.69) is 4.98 Å². The van der Waals surface area contributed by atoms with Crippen LogP contribution in [0.3, 0.4) is 0 Å². The Labute approximate surface area is 150 Å². The molecule has 2 aliphatic carbocycles. The van der Waals surface area contributed by atoms with Crippen molar-refractivity contribution < 1.29 is 0 Å². The van der Waals surface area contributed by atoms with E-state index >= 15 is 0 Å². The number of fused-ring (bicyclic) bond motifs is 1. The predicted molar refractivity (Wildman–Crippen MR) is 99.2 cm³/mol. The molecule has 5 rings (SSSR count). The molecule has 0 unspecified atom stereocenters. The minimum atomic E-state index is -0.197. The minimum Gasteiger partial charge on any atom is -0.320 e. The number of nitrogens with zero attached hydrogens (tertiary/aromatic N) is 4. The van der Waals surface area contributed by atoms with Gasteiger partial charge in [-0.1, -0.05) is 30.3 Å². The van der Waals surface area contributed by atoms with Gasteiger partial charge < -0.3 is 4.57 Å². The van der Waals surface area contributed by atoms with E-state index in [1.165, 1.54) is 4.57 Å². The third kappa shape index (κ3) is 2.79.